The molecule has 0 atom stereocenters. The highest BCUT2D eigenvalue weighted by Crippen LogP contribution is 2.30. The van der Waals surface area contributed by atoms with Gasteiger partial charge in [-0.15, -0.1) is 0 Å². The summed E-state index contributed by atoms with van der Waals surface area (Å²) < 4.78 is 46.8. The lowest BCUT2D eigenvalue weighted by Crippen LogP contribution is -2.21. The van der Waals surface area contributed by atoms with Gasteiger partial charge in [0.2, 0.25) is 11.7 Å². The van der Waals surface area contributed by atoms with Gasteiger partial charge >= 0.3 is 6.18 Å². The van der Waals surface area contributed by atoms with E-state index < -0.39 is 17.3 Å². The zero-order valence-corrected chi connectivity index (χ0v) is 17.2. The Morgan fingerprint density at radius 3 is 2.64 bits per heavy atom. The summed E-state index contributed by atoms with van der Waals surface area (Å²) >= 11 is 5.88. The molecule has 0 fully saturated rings. The van der Waals surface area contributed by atoms with Crippen LogP contribution in [0.3, 0.4) is 0 Å². The third-order valence-corrected chi connectivity index (χ3v) is 5.10. The van der Waals surface area contributed by atoms with Crippen molar-refractivity contribution < 1.29 is 17.7 Å². The fourth-order valence-electron chi connectivity index (χ4n) is 3.25. The number of hydrogen-bond acceptors (Lipinski definition) is 6. The Morgan fingerprint density at radius 2 is 1.88 bits per heavy atom. The molecule has 0 spiro atoms. The molecule has 0 radical (unpaired) electrons. The summed E-state index contributed by atoms with van der Waals surface area (Å²) in [5, 5.41) is 8.66. The van der Waals surface area contributed by atoms with Crippen LogP contribution in [0, 0.1) is 0 Å². The summed E-state index contributed by atoms with van der Waals surface area (Å²) in [4.78, 5) is 21.4. The van der Waals surface area contributed by atoms with Crippen molar-refractivity contribution in [3.05, 3.63) is 87.9 Å². The third-order valence-electron chi connectivity index (χ3n) is 4.85. The fraction of sp³-hybridized carbons (Fsp3) is 0.0952. The van der Waals surface area contributed by atoms with Crippen LogP contribution in [-0.2, 0) is 12.7 Å². The smallest absolute Gasteiger partial charge is 0.337 e. The molecule has 0 N–H and O–H groups in total. The molecule has 12 heteroatoms. The highest BCUT2D eigenvalue weighted by molar-refractivity contribution is 6.30. The topological polar surface area (TPSA) is 91.6 Å². The summed E-state index contributed by atoms with van der Waals surface area (Å²) in [6, 6.07) is 11.5. The van der Waals surface area contributed by atoms with Crippen molar-refractivity contribution in [3.63, 3.8) is 0 Å². The third kappa shape index (κ3) is 3.98. The van der Waals surface area contributed by atoms with Crippen LogP contribution < -0.4 is 5.56 Å². The predicted molar refractivity (Wildman–Crippen MR) is 112 cm³/mol. The lowest BCUT2D eigenvalue weighted by molar-refractivity contribution is -0.137. The number of aromatic nitrogens is 6. The predicted octanol–water partition coefficient (Wildman–Crippen LogP) is 4.35. The van der Waals surface area contributed by atoms with E-state index in [0.29, 0.717) is 16.4 Å². The molecule has 0 aliphatic rings. The van der Waals surface area contributed by atoms with Crippen LogP contribution in [0.2, 0.25) is 5.02 Å². The van der Waals surface area contributed by atoms with Crippen LogP contribution in [0.1, 0.15) is 11.5 Å². The first-order valence-corrected chi connectivity index (χ1v) is 9.87. The number of hydrogen-bond donors (Lipinski definition) is 0. The zero-order valence-electron chi connectivity index (χ0n) is 16.5. The summed E-state index contributed by atoms with van der Waals surface area (Å²) in [5.41, 5.74) is -0.330. The van der Waals surface area contributed by atoms with Gasteiger partial charge in [-0.3, -0.25) is 9.36 Å². The van der Waals surface area contributed by atoms with Gasteiger partial charge in [0, 0.05) is 10.6 Å². The van der Waals surface area contributed by atoms with Gasteiger partial charge in [-0.05, 0) is 42.5 Å². The Morgan fingerprint density at radius 1 is 1.09 bits per heavy atom. The van der Waals surface area contributed by atoms with Crippen LogP contribution >= 0.6 is 11.6 Å². The second-order valence-electron chi connectivity index (χ2n) is 7.04. The van der Waals surface area contributed by atoms with E-state index in [-0.39, 0.29) is 29.2 Å². The number of rotatable bonds is 4. The molecule has 0 unspecified atom stereocenters. The lowest BCUT2D eigenvalue weighted by Gasteiger charge is -2.09. The Balaban J connectivity index is 1.46. The monoisotopic (exact) mass is 472 g/mol. The molecule has 3 heterocycles. The first kappa shape index (κ1) is 20.9. The van der Waals surface area contributed by atoms with Gasteiger partial charge in [-0.25, -0.2) is 9.67 Å². The number of halogens is 4. The molecular weight excluding hydrogens is 461 g/mol. The van der Waals surface area contributed by atoms with Gasteiger partial charge in [-0.1, -0.05) is 22.8 Å². The fourth-order valence-corrected chi connectivity index (χ4v) is 3.37. The van der Waals surface area contributed by atoms with Gasteiger partial charge in [0.15, 0.2) is 5.65 Å². The minimum absolute atomic E-state index is 0.0445. The minimum atomic E-state index is -4.51. The summed E-state index contributed by atoms with van der Waals surface area (Å²) in [6.07, 6.45) is -1.99. The molecule has 0 bridgehead atoms. The molecule has 33 heavy (non-hydrogen) atoms. The van der Waals surface area contributed by atoms with E-state index in [1.54, 1.807) is 24.3 Å². The highest BCUT2D eigenvalue weighted by Gasteiger charge is 2.30. The van der Waals surface area contributed by atoms with Crippen molar-refractivity contribution in [1.29, 1.82) is 0 Å². The van der Waals surface area contributed by atoms with Gasteiger partial charge in [0.1, 0.15) is 18.3 Å². The molecule has 0 amide bonds. The number of benzene rings is 2. The number of nitrogens with zero attached hydrogens (tertiary/aromatic N) is 6. The standard InChI is InChI=1S/C21H12ClF3N6O2/c22-14-6-4-12(5-7-14)18-28-17(33-29-18)10-30-11-26-19-16(20(30)32)9-27-31(19)15-3-1-2-13(8-15)21(23,24)25/h1-9,11H,10H2. The van der Waals surface area contributed by atoms with E-state index >= 15 is 0 Å². The highest BCUT2D eigenvalue weighted by atomic mass is 35.5. The van der Waals surface area contributed by atoms with E-state index in [4.69, 9.17) is 16.1 Å². The van der Waals surface area contributed by atoms with Crippen molar-refractivity contribution in [3.8, 4) is 17.1 Å². The summed E-state index contributed by atoms with van der Waals surface area (Å²) in [6.45, 7) is -0.0445. The molecule has 2 aromatic carbocycles. The second kappa shape index (κ2) is 7.85. The van der Waals surface area contributed by atoms with Gasteiger partial charge in [0.25, 0.3) is 5.56 Å². The maximum atomic E-state index is 13.1. The first-order valence-electron chi connectivity index (χ1n) is 9.49. The molecule has 3 aromatic heterocycles. The molecular formula is C21H12ClF3N6O2. The van der Waals surface area contributed by atoms with Gasteiger partial charge < -0.3 is 4.52 Å². The minimum Gasteiger partial charge on any atom is -0.337 e. The number of fused-ring (bicyclic) bond motifs is 1. The molecule has 166 valence electrons. The largest absolute Gasteiger partial charge is 0.416 e. The van der Waals surface area contributed by atoms with Crippen molar-refractivity contribution in [2.45, 2.75) is 12.7 Å². The van der Waals surface area contributed by atoms with Crippen molar-refractivity contribution >= 4 is 22.6 Å². The van der Waals surface area contributed by atoms with Crippen LogP contribution in [-0.4, -0.2) is 29.5 Å². The first-order chi connectivity index (χ1) is 15.8. The Kier molecular flexibility index (Phi) is 4.97. The molecule has 5 aromatic rings. The Labute approximate surface area is 187 Å². The van der Waals surface area contributed by atoms with E-state index in [1.807, 2.05) is 0 Å². The van der Waals surface area contributed by atoms with Crippen LogP contribution in [0.15, 0.2) is 70.4 Å². The zero-order chi connectivity index (χ0) is 23.2. The van der Waals surface area contributed by atoms with Gasteiger partial charge in [0.05, 0.1) is 17.4 Å². The molecule has 5 rings (SSSR count). The van der Waals surface area contributed by atoms with Gasteiger partial charge in [-0.2, -0.15) is 23.3 Å². The van der Waals surface area contributed by atoms with Crippen LogP contribution in [0.25, 0.3) is 28.1 Å². The van der Waals surface area contributed by atoms with E-state index in [1.165, 1.54) is 33.9 Å². The molecule has 0 aliphatic carbocycles. The quantitative estimate of drug-likeness (QED) is 0.386. The normalized spacial score (nSPS) is 11.9. The Hall–Kier alpha value is -3.99. The van der Waals surface area contributed by atoms with Crippen molar-refractivity contribution in [2.75, 3.05) is 0 Å². The van der Waals surface area contributed by atoms with Crippen molar-refractivity contribution in [2.24, 2.45) is 0 Å². The molecule has 8 nitrogen and oxygen atoms in total. The summed E-state index contributed by atoms with van der Waals surface area (Å²) in [7, 11) is 0. The second-order valence-corrected chi connectivity index (χ2v) is 7.47. The SMILES string of the molecule is O=c1c2cnn(-c3cccc(C(F)(F)F)c3)c2ncn1Cc1nc(-c2ccc(Cl)cc2)no1. The average Bonchev–Trinajstić information content (AvgIpc) is 3.43. The Bertz CT molecular complexity index is 1520. The number of alkyl halides is 3. The summed E-state index contributed by atoms with van der Waals surface area (Å²) in [5.74, 6) is 0.509. The molecule has 0 aliphatic heterocycles. The van der Waals surface area contributed by atoms with Crippen molar-refractivity contribution in [1.82, 2.24) is 29.5 Å². The van der Waals surface area contributed by atoms with E-state index in [0.717, 1.165) is 12.1 Å². The molecule has 0 saturated heterocycles. The maximum Gasteiger partial charge on any atom is 0.416 e. The van der Waals surface area contributed by atoms with Crippen LogP contribution in [0.4, 0.5) is 13.2 Å². The average molecular weight is 473 g/mol. The molecule has 0 saturated carbocycles. The van der Waals surface area contributed by atoms with E-state index in [2.05, 4.69) is 20.2 Å². The maximum absolute atomic E-state index is 13.1. The van der Waals surface area contributed by atoms with E-state index in [9.17, 15) is 18.0 Å². The lowest BCUT2D eigenvalue weighted by atomic mass is 10.2. The van der Waals surface area contributed by atoms with Crippen LogP contribution in [0.5, 0.6) is 0 Å².